The van der Waals surface area contributed by atoms with Crippen molar-refractivity contribution in [3.8, 4) is 0 Å². The first-order chi connectivity index (χ1) is 15.6. The van der Waals surface area contributed by atoms with Crippen LogP contribution in [0.1, 0.15) is 36.8 Å². The summed E-state index contributed by atoms with van der Waals surface area (Å²) in [4.78, 5) is 48.2. The highest BCUT2D eigenvalue weighted by Crippen LogP contribution is 2.39. The molecule has 6 heteroatoms. The molecule has 164 valence electrons. The van der Waals surface area contributed by atoms with Gasteiger partial charge in [-0.05, 0) is 18.4 Å². The number of hydrogen-bond acceptors (Lipinski definition) is 4. The zero-order valence-corrected chi connectivity index (χ0v) is 18.0. The van der Waals surface area contributed by atoms with Crippen LogP contribution in [0, 0.1) is 11.8 Å². The van der Waals surface area contributed by atoms with E-state index < -0.39 is 6.04 Å². The summed E-state index contributed by atoms with van der Waals surface area (Å²) in [5.74, 6) is -0.511. The number of carbonyl (C=O) groups is 3. The van der Waals surface area contributed by atoms with E-state index in [0.717, 1.165) is 36.8 Å². The summed E-state index contributed by atoms with van der Waals surface area (Å²) in [5.41, 5.74) is 1.79. The number of fused-ring (bicyclic) bond motifs is 1. The molecule has 3 aliphatic rings. The molecule has 2 aromatic rings. The Balaban J connectivity index is 1.49. The fourth-order valence-electron chi connectivity index (χ4n) is 5.30. The predicted molar refractivity (Wildman–Crippen MR) is 121 cm³/mol. The van der Waals surface area contributed by atoms with E-state index in [9.17, 15) is 14.4 Å². The zero-order valence-electron chi connectivity index (χ0n) is 18.0. The molecule has 0 unspecified atom stereocenters. The highest BCUT2D eigenvalue weighted by molar-refractivity contribution is 6.13. The van der Waals surface area contributed by atoms with Crippen molar-refractivity contribution in [3.05, 3.63) is 71.8 Å². The molecular weight excluding hydrogens is 402 g/mol. The molecule has 3 amide bonds. The van der Waals surface area contributed by atoms with Crippen LogP contribution in [0.2, 0.25) is 0 Å². The number of imide groups is 1. The smallest absolute Gasteiger partial charge is 0.251 e. The van der Waals surface area contributed by atoms with Crippen molar-refractivity contribution in [2.24, 2.45) is 16.8 Å². The average molecular weight is 430 g/mol. The van der Waals surface area contributed by atoms with Crippen LogP contribution in [0.25, 0.3) is 0 Å². The van der Waals surface area contributed by atoms with E-state index in [1.807, 2.05) is 60.7 Å². The minimum absolute atomic E-state index is 0.175. The topological polar surface area (TPSA) is 70.1 Å². The van der Waals surface area contributed by atoms with Gasteiger partial charge < -0.3 is 0 Å². The Labute approximate surface area is 187 Å². The molecule has 0 radical (unpaired) electrons. The predicted octanol–water partition coefficient (Wildman–Crippen LogP) is 3.06. The lowest BCUT2D eigenvalue weighted by Crippen LogP contribution is -2.53. The van der Waals surface area contributed by atoms with Crippen LogP contribution in [0.4, 0.5) is 0 Å². The largest absolute Gasteiger partial charge is 0.293 e. The van der Waals surface area contributed by atoms with Gasteiger partial charge in [0, 0.05) is 18.5 Å². The molecule has 0 N–H and O–H groups in total. The van der Waals surface area contributed by atoms with Crippen molar-refractivity contribution in [2.75, 3.05) is 13.1 Å². The molecule has 5 rings (SSSR count). The lowest BCUT2D eigenvalue weighted by atomic mass is 9.81. The maximum atomic E-state index is 13.9. The third-order valence-electron chi connectivity index (χ3n) is 6.88. The van der Waals surface area contributed by atoms with Gasteiger partial charge in [0.2, 0.25) is 11.8 Å². The van der Waals surface area contributed by atoms with E-state index in [-0.39, 0.29) is 29.6 Å². The Morgan fingerprint density at radius 2 is 1.50 bits per heavy atom. The molecule has 0 bridgehead atoms. The van der Waals surface area contributed by atoms with Gasteiger partial charge in [-0.2, -0.15) is 0 Å². The van der Waals surface area contributed by atoms with Gasteiger partial charge >= 0.3 is 0 Å². The Hall–Kier alpha value is -3.28. The summed E-state index contributed by atoms with van der Waals surface area (Å²) in [6.07, 6.45) is 3.70. The fraction of sp³-hybridized carbons (Fsp3) is 0.385. The number of amides is 3. The lowest BCUT2D eigenvalue weighted by Gasteiger charge is -2.30. The van der Waals surface area contributed by atoms with Crippen LogP contribution >= 0.6 is 0 Å². The normalized spacial score (nSPS) is 23.8. The number of aliphatic imine (C=N–C) groups is 1. The van der Waals surface area contributed by atoms with Crippen LogP contribution < -0.4 is 0 Å². The number of rotatable bonds is 5. The summed E-state index contributed by atoms with van der Waals surface area (Å²) < 4.78 is 0. The average Bonchev–Trinajstić information content (AvgIpc) is 3.42. The van der Waals surface area contributed by atoms with Crippen LogP contribution in [0.3, 0.4) is 0 Å². The first kappa shape index (κ1) is 20.6. The first-order valence-electron chi connectivity index (χ1n) is 11.5. The number of hydrogen-bond donors (Lipinski definition) is 0. The number of nitrogens with zero attached hydrogens (tertiary/aromatic N) is 3. The maximum Gasteiger partial charge on any atom is 0.251 e. The number of likely N-dealkylation sites (tertiary alicyclic amines) is 1. The zero-order chi connectivity index (χ0) is 22.1. The molecule has 3 atom stereocenters. The fourth-order valence-corrected chi connectivity index (χ4v) is 5.30. The van der Waals surface area contributed by atoms with Crippen molar-refractivity contribution < 1.29 is 14.4 Å². The monoisotopic (exact) mass is 429 g/mol. The van der Waals surface area contributed by atoms with E-state index in [0.29, 0.717) is 25.3 Å². The van der Waals surface area contributed by atoms with Crippen LogP contribution in [-0.4, -0.2) is 52.5 Å². The second-order valence-electron chi connectivity index (χ2n) is 8.81. The molecule has 2 fully saturated rings. The van der Waals surface area contributed by atoms with Gasteiger partial charge in [0.05, 0.1) is 18.4 Å². The summed E-state index contributed by atoms with van der Waals surface area (Å²) in [6, 6.07) is 18.4. The van der Waals surface area contributed by atoms with Gasteiger partial charge in [-0.15, -0.1) is 0 Å². The second kappa shape index (κ2) is 8.69. The van der Waals surface area contributed by atoms with Gasteiger partial charge in [-0.3, -0.25) is 29.2 Å². The maximum absolute atomic E-state index is 13.9. The molecule has 32 heavy (non-hydrogen) atoms. The third kappa shape index (κ3) is 3.64. The van der Waals surface area contributed by atoms with Gasteiger partial charge in [-0.25, -0.2) is 0 Å². The van der Waals surface area contributed by atoms with E-state index in [1.54, 1.807) is 4.90 Å². The summed E-state index contributed by atoms with van der Waals surface area (Å²) in [6.45, 7) is 0.971. The van der Waals surface area contributed by atoms with Crippen LogP contribution in [0.15, 0.2) is 65.7 Å². The van der Waals surface area contributed by atoms with Gasteiger partial charge in [-0.1, -0.05) is 73.5 Å². The summed E-state index contributed by atoms with van der Waals surface area (Å²) in [7, 11) is 0. The molecule has 0 aromatic heterocycles. The second-order valence-corrected chi connectivity index (χ2v) is 8.81. The van der Waals surface area contributed by atoms with Crippen molar-refractivity contribution >= 4 is 23.6 Å². The van der Waals surface area contributed by atoms with E-state index in [2.05, 4.69) is 4.99 Å². The summed E-state index contributed by atoms with van der Waals surface area (Å²) in [5, 5.41) is 0. The first-order valence-corrected chi connectivity index (χ1v) is 11.5. The SMILES string of the molecule is O=C([C@H](Cc1ccccc1)N1C(=O)[C@H]2CCCC[C@@H]2C1=O)N1CCN=C1c1ccccc1. The minimum atomic E-state index is -0.852. The standard InChI is InChI=1S/C26H27N3O3/c30-24-20-13-7-8-14-21(20)25(31)29(24)22(17-18-9-3-1-4-10-18)26(32)28-16-15-27-23(28)19-11-5-2-6-12-19/h1-6,9-12,20-22H,7-8,13-17H2/t20-,21-,22-/m0/s1. The third-order valence-corrected chi connectivity index (χ3v) is 6.88. The molecule has 6 nitrogen and oxygen atoms in total. The van der Waals surface area contributed by atoms with Crippen molar-refractivity contribution in [3.63, 3.8) is 0 Å². The molecule has 0 spiro atoms. The Kier molecular flexibility index (Phi) is 5.60. The van der Waals surface area contributed by atoms with Crippen molar-refractivity contribution in [1.29, 1.82) is 0 Å². The Morgan fingerprint density at radius 3 is 2.12 bits per heavy atom. The van der Waals surface area contributed by atoms with E-state index in [1.165, 1.54) is 4.90 Å². The summed E-state index contributed by atoms with van der Waals surface area (Å²) >= 11 is 0. The van der Waals surface area contributed by atoms with E-state index in [4.69, 9.17) is 0 Å². The molecule has 2 aliphatic heterocycles. The van der Waals surface area contributed by atoms with Crippen LogP contribution in [0.5, 0.6) is 0 Å². The number of amidine groups is 1. The molecule has 1 saturated carbocycles. The van der Waals surface area contributed by atoms with Gasteiger partial charge in [0.1, 0.15) is 11.9 Å². The van der Waals surface area contributed by atoms with Crippen molar-refractivity contribution in [2.45, 2.75) is 38.1 Å². The van der Waals surface area contributed by atoms with Gasteiger partial charge in [0.25, 0.3) is 5.91 Å². The highest BCUT2D eigenvalue weighted by atomic mass is 16.2. The number of benzene rings is 2. The van der Waals surface area contributed by atoms with Gasteiger partial charge in [0.15, 0.2) is 0 Å². The molecule has 2 heterocycles. The highest BCUT2D eigenvalue weighted by Gasteiger charge is 2.52. The molecule has 1 saturated heterocycles. The van der Waals surface area contributed by atoms with E-state index >= 15 is 0 Å². The quantitative estimate of drug-likeness (QED) is 0.686. The molecule has 2 aromatic carbocycles. The minimum Gasteiger partial charge on any atom is -0.293 e. The number of carbonyl (C=O) groups excluding carboxylic acids is 3. The molecular formula is C26H27N3O3. The lowest BCUT2D eigenvalue weighted by molar-refractivity contribution is -0.150. The van der Waals surface area contributed by atoms with Crippen molar-refractivity contribution in [1.82, 2.24) is 9.80 Å². The Bertz CT molecular complexity index is 1030. The molecule has 1 aliphatic carbocycles. The Morgan fingerprint density at radius 1 is 0.906 bits per heavy atom. The van der Waals surface area contributed by atoms with Crippen LogP contribution in [-0.2, 0) is 20.8 Å².